The Morgan fingerprint density at radius 1 is 1.24 bits per heavy atom. The summed E-state index contributed by atoms with van der Waals surface area (Å²) >= 11 is 0. The van der Waals surface area contributed by atoms with E-state index in [-0.39, 0.29) is 6.04 Å². The number of rotatable bonds is 4. The Bertz CT molecular complexity index is 652. The highest BCUT2D eigenvalue weighted by Crippen LogP contribution is 2.41. The van der Waals surface area contributed by atoms with Crippen molar-refractivity contribution in [1.29, 1.82) is 0 Å². The lowest BCUT2D eigenvalue weighted by Crippen LogP contribution is -2.54. The minimum absolute atomic E-state index is 0.250. The van der Waals surface area contributed by atoms with E-state index >= 15 is 0 Å². The maximum absolute atomic E-state index is 12.4. The van der Waals surface area contributed by atoms with Gasteiger partial charge in [-0.05, 0) is 43.7 Å². The number of nitrogens with one attached hydrogen (secondary N) is 1. The van der Waals surface area contributed by atoms with Crippen LogP contribution in [-0.2, 0) is 27.7 Å². The summed E-state index contributed by atoms with van der Waals surface area (Å²) in [5.74, 6) is -0.855. The summed E-state index contributed by atoms with van der Waals surface area (Å²) in [6.07, 6.45) is 1.80. The van der Waals surface area contributed by atoms with Crippen molar-refractivity contribution in [3.63, 3.8) is 0 Å². The molecule has 2 aliphatic rings. The second kappa shape index (κ2) is 4.81. The Morgan fingerprint density at radius 3 is 2.24 bits per heavy atom. The van der Waals surface area contributed by atoms with Gasteiger partial charge >= 0.3 is 5.97 Å². The van der Waals surface area contributed by atoms with Crippen molar-refractivity contribution < 1.29 is 18.3 Å². The molecule has 2 aliphatic carbocycles. The van der Waals surface area contributed by atoms with Gasteiger partial charge in [-0.15, -0.1) is 0 Å². The van der Waals surface area contributed by atoms with Gasteiger partial charge in [-0.1, -0.05) is 24.3 Å². The third-order valence-electron chi connectivity index (χ3n) is 4.69. The highest BCUT2D eigenvalue weighted by Gasteiger charge is 2.48. The lowest BCUT2D eigenvalue weighted by molar-refractivity contribution is -0.154. The van der Waals surface area contributed by atoms with Crippen LogP contribution >= 0.6 is 0 Å². The number of fused-ring (bicyclic) bond motifs is 1. The molecule has 1 aromatic carbocycles. The first-order chi connectivity index (χ1) is 9.80. The highest BCUT2D eigenvalue weighted by molar-refractivity contribution is 7.90. The first-order valence-corrected chi connectivity index (χ1v) is 8.66. The van der Waals surface area contributed by atoms with Crippen LogP contribution in [0, 0.1) is 5.41 Å². The van der Waals surface area contributed by atoms with E-state index in [1.807, 2.05) is 24.3 Å². The van der Waals surface area contributed by atoms with E-state index in [9.17, 15) is 13.2 Å². The van der Waals surface area contributed by atoms with Gasteiger partial charge in [0, 0.05) is 6.04 Å². The quantitative estimate of drug-likeness (QED) is 0.879. The van der Waals surface area contributed by atoms with Crippen LogP contribution in [0.2, 0.25) is 0 Å². The standard InChI is InChI=1S/C15H19NO4S/c1-15(14(17)18)8-12(9-15)16-21(19,20)13-6-10-4-2-3-5-11(10)7-13/h2-5,12-13,16H,6-9H2,1H3,(H,17,18). The molecule has 0 heterocycles. The molecule has 0 unspecified atom stereocenters. The number of hydrogen-bond donors (Lipinski definition) is 2. The van der Waals surface area contributed by atoms with Crippen LogP contribution in [0.1, 0.15) is 30.9 Å². The second-order valence-corrected chi connectivity index (χ2v) is 8.43. The van der Waals surface area contributed by atoms with E-state index in [2.05, 4.69) is 4.72 Å². The fourth-order valence-electron chi connectivity index (χ4n) is 3.35. The summed E-state index contributed by atoms with van der Waals surface area (Å²) in [7, 11) is -3.41. The molecule has 114 valence electrons. The molecule has 1 saturated carbocycles. The molecule has 2 N–H and O–H groups in total. The number of carboxylic acids is 1. The largest absolute Gasteiger partial charge is 0.481 e. The lowest BCUT2D eigenvalue weighted by atomic mass is 9.67. The highest BCUT2D eigenvalue weighted by atomic mass is 32.2. The van der Waals surface area contributed by atoms with Gasteiger partial charge in [0.1, 0.15) is 0 Å². The Morgan fingerprint density at radius 2 is 1.76 bits per heavy atom. The third kappa shape index (κ3) is 2.58. The topological polar surface area (TPSA) is 83.5 Å². The van der Waals surface area contributed by atoms with Crippen LogP contribution in [0.3, 0.4) is 0 Å². The summed E-state index contributed by atoms with van der Waals surface area (Å²) < 4.78 is 27.5. The van der Waals surface area contributed by atoms with E-state index < -0.39 is 26.7 Å². The summed E-state index contributed by atoms with van der Waals surface area (Å²) in [5, 5.41) is 8.62. The Labute approximate surface area is 124 Å². The average molecular weight is 309 g/mol. The SMILES string of the molecule is CC1(C(=O)O)CC(NS(=O)(=O)C2Cc3ccccc3C2)C1. The molecule has 6 heteroatoms. The zero-order valence-corrected chi connectivity index (χ0v) is 12.7. The van der Waals surface area contributed by atoms with Crippen LogP contribution in [0.25, 0.3) is 0 Å². The number of sulfonamides is 1. The smallest absolute Gasteiger partial charge is 0.309 e. The van der Waals surface area contributed by atoms with Gasteiger partial charge in [0.25, 0.3) is 0 Å². The Balaban J connectivity index is 1.64. The molecule has 5 nitrogen and oxygen atoms in total. The molecule has 3 rings (SSSR count). The normalized spacial score (nSPS) is 28.9. The maximum Gasteiger partial charge on any atom is 0.309 e. The van der Waals surface area contributed by atoms with E-state index in [4.69, 9.17) is 5.11 Å². The average Bonchev–Trinajstić information content (AvgIpc) is 2.80. The van der Waals surface area contributed by atoms with Crippen molar-refractivity contribution in [3.05, 3.63) is 35.4 Å². The Kier molecular flexibility index (Phi) is 3.33. The summed E-state index contributed by atoms with van der Waals surface area (Å²) in [5.41, 5.74) is 1.40. The van der Waals surface area contributed by atoms with Gasteiger partial charge in [0.05, 0.1) is 10.7 Å². The van der Waals surface area contributed by atoms with E-state index in [0.717, 1.165) is 11.1 Å². The van der Waals surface area contributed by atoms with Crippen molar-refractivity contribution in [2.75, 3.05) is 0 Å². The molecular formula is C15H19NO4S. The van der Waals surface area contributed by atoms with E-state index in [1.54, 1.807) is 6.92 Å². The van der Waals surface area contributed by atoms with Gasteiger partial charge < -0.3 is 5.11 Å². The second-order valence-electron chi connectivity index (χ2n) is 6.43. The van der Waals surface area contributed by atoms with Gasteiger partial charge in [0.2, 0.25) is 10.0 Å². The van der Waals surface area contributed by atoms with Crippen LogP contribution in [0.4, 0.5) is 0 Å². The van der Waals surface area contributed by atoms with Crippen LogP contribution < -0.4 is 4.72 Å². The molecule has 0 bridgehead atoms. The zero-order chi connectivity index (χ0) is 15.3. The molecule has 21 heavy (non-hydrogen) atoms. The first kappa shape index (κ1) is 14.5. The number of hydrogen-bond acceptors (Lipinski definition) is 3. The first-order valence-electron chi connectivity index (χ1n) is 7.11. The molecule has 0 spiro atoms. The van der Waals surface area contributed by atoms with Crippen molar-refractivity contribution in [3.8, 4) is 0 Å². The fraction of sp³-hybridized carbons (Fsp3) is 0.533. The molecule has 0 aliphatic heterocycles. The molecule has 0 radical (unpaired) electrons. The predicted molar refractivity (Wildman–Crippen MR) is 78.5 cm³/mol. The molecule has 0 atom stereocenters. The molecule has 0 saturated heterocycles. The van der Waals surface area contributed by atoms with E-state index in [1.165, 1.54) is 0 Å². The number of carbonyl (C=O) groups is 1. The summed E-state index contributed by atoms with van der Waals surface area (Å²) in [6.45, 7) is 1.66. The van der Waals surface area contributed by atoms with Crippen molar-refractivity contribution in [2.45, 2.75) is 43.9 Å². The molecule has 1 aromatic rings. The van der Waals surface area contributed by atoms with Gasteiger partial charge in [0.15, 0.2) is 0 Å². The lowest BCUT2D eigenvalue weighted by Gasteiger charge is -2.42. The van der Waals surface area contributed by atoms with Crippen LogP contribution in [0.15, 0.2) is 24.3 Å². The maximum atomic E-state index is 12.4. The minimum atomic E-state index is -3.41. The van der Waals surface area contributed by atoms with E-state index in [0.29, 0.717) is 25.7 Å². The summed E-state index contributed by atoms with van der Waals surface area (Å²) in [4.78, 5) is 11.0. The predicted octanol–water partition coefficient (Wildman–Crippen LogP) is 1.33. The fourth-order valence-corrected chi connectivity index (χ4v) is 4.97. The van der Waals surface area contributed by atoms with Crippen LogP contribution in [-0.4, -0.2) is 30.8 Å². The van der Waals surface area contributed by atoms with Crippen LogP contribution in [0.5, 0.6) is 0 Å². The minimum Gasteiger partial charge on any atom is -0.481 e. The third-order valence-corrected chi connectivity index (χ3v) is 6.57. The molecule has 0 amide bonds. The summed E-state index contributed by atoms with van der Waals surface area (Å²) in [6, 6.07) is 7.53. The van der Waals surface area contributed by atoms with Crippen molar-refractivity contribution in [2.24, 2.45) is 5.41 Å². The Hall–Kier alpha value is -1.40. The number of benzene rings is 1. The number of aliphatic carboxylic acids is 1. The number of carboxylic acid groups (broad SMARTS) is 1. The molecule has 0 aromatic heterocycles. The monoisotopic (exact) mass is 309 g/mol. The zero-order valence-electron chi connectivity index (χ0n) is 11.9. The van der Waals surface area contributed by atoms with Gasteiger partial charge in [-0.3, -0.25) is 4.79 Å². The molecular weight excluding hydrogens is 290 g/mol. The van der Waals surface area contributed by atoms with Gasteiger partial charge in [-0.2, -0.15) is 0 Å². The van der Waals surface area contributed by atoms with Gasteiger partial charge in [-0.25, -0.2) is 13.1 Å². The van der Waals surface area contributed by atoms with Crippen molar-refractivity contribution >= 4 is 16.0 Å². The molecule has 1 fully saturated rings. The van der Waals surface area contributed by atoms with Crippen molar-refractivity contribution in [1.82, 2.24) is 4.72 Å².